The molecule has 0 amide bonds. The van der Waals surface area contributed by atoms with Gasteiger partial charge < -0.3 is 14.5 Å². The number of halogens is 2. The van der Waals surface area contributed by atoms with Gasteiger partial charge in [-0.15, -0.1) is 0 Å². The highest BCUT2D eigenvalue weighted by atomic mass is 35.5. The molecule has 2 atom stereocenters. The molecule has 0 bridgehead atoms. The number of carboxylic acid groups (broad SMARTS) is 1. The Bertz CT molecular complexity index is 1560. The summed E-state index contributed by atoms with van der Waals surface area (Å²) in [4.78, 5) is 21.9. The molecule has 9 heteroatoms. The minimum atomic E-state index is -1.01. The lowest BCUT2D eigenvalue weighted by Gasteiger charge is -2.22. The first-order valence-electron chi connectivity index (χ1n) is 12.3. The Morgan fingerprint density at radius 3 is 2.54 bits per heavy atom. The van der Waals surface area contributed by atoms with Crippen molar-refractivity contribution in [1.29, 1.82) is 0 Å². The number of carboxylic acids is 1. The molecule has 2 aliphatic carbocycles. The number of allylic oxidation sites excluding steroid dienone is 1. The molecule has 7 nitrogen and oxygen atoms in total. The van der Waals surface area contributed by atoms with E-state index >= 15 is 0 Å². The molecule has 3 aromatic heterocycles. The van der Waals surface area contributed by atoms with E-state index in [0.29, 0.717) is 50.5 Å². The fourth-order valence-corrected chi connectivity index (χ4v) is 6.18. The smallest absolute Gasteiger partial charge is 0.354 e. The highest BCUT2D eigenvalue weighted by molar-refractivity contribution is 6.39. The van der Waals surface area contributed by atoms with Gasteiger partial charge in [0.05, 0.1) is 15.6 Å². The van der Waals surface area contributed by atoms with Crippen LogP contribution < -0.4 is 4.90 Å². The van der Waals surface area contributed by atoms with Gasteiger partial charge in [-0.2, -0.15) is 0 Å². The van der Waals surface area contributed by atoms with Crippen LogP contribution in [0, 0.1) is 17.8 Å². The predicted octanol–water partition coefficient (Wildman–Crippen LogP) is 6.56. The van der Waals surface area contributed by atoms with Gasteiger partial charge in [0.15, 0.2) is 0 Å². The largest absolute Gasteiger partial charge is 0.477 e. The summed E-state index contributed by atoms with van der Waals surface area (Å²) in [7, 11) is 0. The molecule has 2 saturated carbocycles. The average Bonchev–Trinajstić information content (AvgIpc) is 3.75. The molecular formula is C28H22Cl2N4O3. The predicted molar refractivity (Wildman–Crippen MR) is 142 cm³/mol. The molecule has 7 rings (SSSR count). The van der Waals surface area contributed by atoms with E-state index in [0.717, 1.165) is 48.3 Å². The number of aromatic carboxylic acids is 1. The second kappa shape index (κ2) is 8.57. The van der Waals surface area contributed by atoms with Gasteiger partial charge in [0.25, 0.3) is 0 Å². The van der Waals surface area contributed by atoms with E-state index in [9.17, 15) is 9.90 Å². The van der Waals surface area contributed by atoms with Gasteiger partial charge in [-0.05, 0) is 54.9 Å². The molecule has 2 unspecified atom stereocenters. The summed E-state index contributed by atoms with van der Waals surface area (Å²) in [6.07, 6.45) is 9.83. The van der Waals surface area contributed by atoms with Gasteiger partial charge in [0.1, 0.15) is 17.1 Å². The van der Waals surface area contributed by atoms with Gasteiger partial charge in [-0.1, -0.05) is 46.6 Å². The zero-order valence-electron chi connectivity index (χ0n) is 19.6. The van der Waals surface area contributed by atoms with Crippen LogP contribution in [0.2, 0.25) is 10.0 Å². The first-order chi connectivity index (χ1) is 18.0. The Kier molecular flexibility index (Phi) is 5.27. The van der Waals surface area contributed by atoms with Crippen molar-refractivity contribution in [1.82, 2.24) is 15.1 Å². The topological polar surface area (TPSA) is 92.3 Å². The highest BCUT2D eigenvalue weighted by Crippen LogP contribution is 2.54. The Balaban J connectivity index is 1.09. The number of nitrogens with zero attached hydrogens (tertiary/aromatic N) is 4. The monoisotopic (exact) mass is 532 g/mol. The van der Waals surface area contributed by atoms with Crippen LogP contribution in [0.4, 0.5) is 5.69 Å². The zero-order valence-corrected chi connectivity index (χ0v) is 21.2. The van der Waals surface area contributed by atoms with Crippen LogP contribution in [-0.4, -0.2) is 39.3 Å². The van der Waals surface area contributed by atoms with E-state index < -0.39 is 5.97 Å². The number of aromatic nitrogens is 3. The Labute approximate surface area is 222 Å². The van der Waals surface area contributed by atoms with Crippen molar-refractivity contribution in [2.45, 2.75) is 18.8 Å². The lowest BCUT2D eigenvalue weighted by atomic mass is 10.0. The Hall–Kier alpha value is -3.42. The van der Waals surface area contributed by atoms with Crippen molar-refractivity contribution in [3.05, 3.63) is 75.9 Å². The van der Waals surface area contributed by atoms with Crippen LogP contribution in [0.5, 0.6) is 0 Å². The summed E-state index contributed by atoms with van der Waals surface area (Å²) in [5.41, 5.74) is 4.22. The molecule has 1 aliphatic heterocycles. The van der Waals surface area contributed by atoms with Gasteiger partial charge in [-0.25, -0.2) is 9.78 Å². The van der Waals surface area contributed by atoms with Crippen molar-refractivity contribution in [2.75, 3.05) is 18.0 Å². The fraction of sp³-hybridized carbons (Fsp3) is 0.286. The molecule has 0 spiro atoms. The molecule has 4 heterocycles. The van der Waals surface area contributed by atoms with Crippen LogP contribution >= 0.6 is 23.2 Å². The third-order valence-electron chi connectivity index (χ3n) is 7.80. The highest BCUT2D eigenvalue weighted by Gasteiger charge is 2.54. The number of hydrogen-bond acceptors (Lipinski definition) is 6. The van der Waals surface area contributed by atoms with Crippen molar-refractivity contribution < 1.29 is 14.4 Å². The molecule has 0 radical (unpaired) electrons. The van der Waals surface area contributed by atoms with Gasteiger partial charge in [0, 0.05) is 53.6 Å². The second-order valence-corrected chi connectivity index (χ2v) is 10.9. The van der Waals surface area contributed by atoms with Crippen LogP contribution in [0.15, 0.2) is 53.3 Å². The molecule has 1 aromatic carbocycles. The van der Waals surface area contributed by atoms with Crippen LogP contribution in [0.25, 0.3) is 28.2 Å². The summed E-state index contributed by atoms with van der Waals surface area (Å²) < 4.78 is 5.78. The lowest BCUT2D eigenvalue weighted by molar-refractivity contribution is 0.0691. The van der Waals surface area contributed by atoms with E-state index in [2.05, 4.69) is 38.2 Å². The summed E-state index contributed by atoms with van der Waals surface area (Å²) in [6, 6.07) is 9.41. The van der Waals surface area contributed by atoms with E-state index in [1.807, 2.05) is 18.2 Å². The number of rotatable bonds is 6. The minimum Gasteiger partial charge on any atom is -0.477 e. The van der Waals surface area contributed by atoms with Crippen molar-refractivity contribution in [3.8, 4) is 11.3 Å². The summed E-state index contributed by atoms with van der Waals surface area (Å²) >= 11 is 12.9. The van der Waals surface area contributed by atoms with Crippen LogP contribution in [-0.2, 0) is 0 Å². The zero-order chi connectivity index (χ0) is 25.3. The van der Waals surface area contributed by atoms with Crippen LogP contribution in [0.1, 0.15) is 40.6 Å². The van der Waals surface area contributed by atoms with Crippen molar-refractivity contribution in [3.63, 3.8) is 0 Å². The standard InChI is InChI=1S/C28H22Cl2N4O3/c29-21-10-31-11-22(30)25(21)26-18(27(37-33-26)14-1-2-14)6-5-17-19-12-34(13-20(17)19)16-4-8-23-15(9-16)3-7-24(32-23)28(35)36/h3-11,14,17,19-20H,1-2,12-13H2,(H,35,36)/b6-5+. The summed E-state index contributed by atoms with van der Waals surface area (Å²) in [5, 5.41) is 15.4. The maximum absolute atomic E-state index is 11.2. The Morgan fingerprint density at radius 1 is 1.08 bits per heavy atom. The van der Waals surface area contributed by atoms with Crippen molar-refractivity contribution >= 4 is 51.8 Å². The number of carbonyl (C=O) groups is 1. The lowest BCUT2D eigenvalue weighted by Crippen LogP contribution is -2.23. The molecule has 37 heavy (non-hydrogen) atoms. The number of fused-ring (bicyclic) bond motifs is 2. The van der Waals surface area contributed by atoms with E-state index in [4.69, 9.17) is 27.7 Å². The first-order valence-corrected chi connectivity index (χ1v) is 13.1. The first kappa shape index (κ1) is 22.8. The number of benzene rings is 1. The molecule has 3 aliphatic rings. The molecule has 1 saturated heterocycles. The average molecular weight is 533 g/mol. The molecule has 186 valence electrons. The SMILES string of the molecule is O=C(O)c1ccc2cc(N3CC4C(/C=C/c5c(-c6c(Cl)cncc6Cl)noc5C5CC5)C4C3)ccc2n1. The number of piperidine rings is 1. The maximum Gasteiger partial charge on any atom is 0.354 e. The van der Waals surface area contributed by atoms with Crippen LogP contribution in [0.3, 0.4) is 0 Å². The number of pyridine rings is 2. The minimum absolute atomic E-state index is 0.0617. The molecule has 1 N–H and O–H groups in total. The van der Waals surface area contributed by atoms with Gasteiger partial charge in [-0.3, -0.25) is 4.98 Å². The molecule has 4 aromatic rings. The van der Waals surface area contributed by atoms with Crippen molar-refractivity contribution in [2.24, 2.45) is 17.8 Å². The summed E-state index contributed by atoms with van der Waals surface area (Å²) in [5.74, 6) is 2.01. The second-order valence-electron chi connectivity index (χ2n) is 10.1. The quantitative estimate of drug-likeness (QED) is 0.300. The summed E-state index contributed by atoms with van der Waals surface area (Å²) in [6.45, 7) is 1.97. The maximum atomic E-state index is 11.2. The number of anilines is 1. The van der Waals surface area contributed by atoms with E-state index in [-0.39, 0.29) is 5.69 Å². The van der Waals surface area contributed by atoms with Gasteiger partial charge in [0.2, 0.25) is 0 Å². The third kappa shape index (κ3) is 3.97. The van der Waals surface area contributed by atoms with E-state index in [1.165, 1.54) is 0 Å². The molecule has 3 fully saturated rings. The van der Waals surface area contributed by atoms with Gasteiger partial charge >= 0.3 is 5.97 Å². The Morgan fingerprint density at radius 2 is 1.84 bits per heavy atom. The molecular weight excluding hydrogens is 511 g/mol. The normalized spacial score (nSPS) is 22.6. The number of hydrogen-bond donors (Lipinski definition) is 1. The van der Waals surface area contributed by atoms with E-state index in [1.54, 1.807) is 18.5 Å². The fourth-order valence-electron chi connectivity index (χ4n) is 5.63. The third-order valence-corrected chi connectivity index (χ3v) is 8.37.